The van der Waals surface area contributed by atoms with Crippen molar-refractivity contribution in [2.45, 2.75) is 52.4 Å². The van der Waals surface area contributed by atoms with Crippen LogP contribution in [0.15, 0.2) is 24.3 Å². The molecule has 0 radical (unpaired) electrons. The highest BCUT2D eigenvalue weighted by Crippen LogP contribution is 2.42. The Balaban J connectivity index is 0.00000289. The highest BCUT2D eigenvalue weighted by Gasteiger charge is 2.34. The lowest BCUT2D eigenvalue weighted by Gasteiger charge is -2.41. The molecule has 186 valence electrons. The number of piperidine rings is 2. The van der Waals surface area contributed by atoms with Gasteiger partial charge in [0, 0.05) is 39.7 Å². The molecule has 1 N–H and O–H groups in total. The number of aliphatic hydroxyl groups excluding tert-OH is 1. The van der Waals surface area contributed by atoms with Crippen LogP contribution in [0, 0.1) is 23.7 Å². The standard InChI is InChI=1S/C27H33N5O2.ClH/c1-18-24(20-8-12-30(13-9-20)19(2)34)21(16-28)25-29-22-6-4-5-7-23(22)32(25)26(18)31-14-10-27(3,17-33)11-15-31;/h4-7,20,33H,8-15,17H2,1-3H3;1H. The van der Waals surface area contributed by atoms with E-state index in [4.69, 9.17) is 4.98 Å². The van der Waals surface area contributed by atoms with Gasteiger partial charge in [-0.2, -0.15) is 5.26 Å². The zero-order valence-electron chi connectivity index (χ0n) is 20.8. The van der Waals surface area contributed by atoms with E-state index in [1.807, 2.05) is 23.1 Å². The fraction of sp³-hybridized carbons (Fsp3) is 0.519. The second-order valence-electron chi connectivity index (χ2n) is 10.3. The Hall–Kier alpha value is -2.82. The van der Waals surface area contributed by atoms with Gasteiger partial charge in [-0.1, -0.05) is 19.1 Å². The van der Waals surface area contributed by atoms with Gasteiger partial charge in [0.2, 0.25) is 5.91 Å². The first-order chi connectivity index (χ1) is 16.4. The molecule has 2 aliphatic rings. The number of fused-ring (bicyclic) bond motifs is 3. The van der Waals surface area contributed by atoms with Crippen LogP contribution in [0.25, 0.3) is 16.7 Å². The summed E-state index contributed by atoms with van der Waals surface area (Å²) in [6.45, 7) is 9.30. The number of aromatic nitrogens is 2. The summed E-state index contributed by atoms with van der Waals surface area (Å²) in [4.78, 5) is 21.1. The summed E-state index contributed by atoms with van der Waals surface area (Å²) < 4.78 is 2.18. The number of hydrogen-bond donors (Lipinski definition) is 1. The van der Waals surface area contributed by atoms with Crippen LogP contribution < -0.4 is 4.90 Å². The minimum Gasteiger partial charge on any atom is -0.396 e. The minimum atomic E-state index is -0.0462. The second-order valence-corrected chi connectivity index (χ2v) is 10.3. The number of amides is 1. The van der Waals surface area contributed by atoms with E-state index in [0.717, 1.165) is 85.5 Å². The molecule has 35 heavy (non-hydrogen) atoms. The number of imidazole rings is 1. The van der Waals surface area contributed by atoms with Crippen molar-refractivity contribution >= 4 is 40.8 Å². The molecule has 2 aliphatic heterocycles. The normalized spacial score (nSPS) is 18.5. The van der Waals surface area contributed by atoms with E-state index < -0.39 is 0 Å². The number of carbonyl (C=O) groups is 1. The number of halogens is 1. The largest absolute Gasteiger partial charge is 0.396 e. The number of rotatable bonds is 3. The van der Waals surface area contributed by atoms with E-state index in [2.05, 4.69) is 35.3 Å². The molecule has 1 amide bonds. The van der Waals surface area contributed by atoms with Crippen LogP contribution >= 0.6 is 12.4 Å². The predicted molar refractivity (Wildman–Crippen MR) is 140 cm³/mol. The maximum Gasteiger partial charge on any atom is 0.219 e. The molecule has 2 saturated heterocycles. The molecule has 5 rings (SSSR count). The van der Waals surface area contributed by atoms with Crippen molar-refractivity contribution in [1.82, 2.24) is 14.3 Å². The Kier molecular flexibility index (Phi) is 6.99. The van der Waals surface area contributed by atoms with Gasteiger partial charge in [-0.3, -0.25) is 9.20 Å². The highest BCUT2D eigenvalue weighted by molar-refractivity contribution is 5.86. The van der Waals surface area contributed by atoms with Crippen molar-refractivity contribution in [3.8, 4) is 6.07 Å². The molecule has 0 saturated carbocycles. The maximum absolute atomic E-state index is 11.9. The molecule has 8 heteroatoms. The van der Waals surface area contributed by atoms with Crippen molar-refractivity contribution in [2.24, 2.45) is 5.41 Å². The summed E-state index contributed by atoms with van der Waals surface area (Å²) >= 11 is 0. The first kappa shape index (κ1) is 25.3. The lowest BCUT2D eigenvalue weighted by atomic mass is 9.80. The summed E-state index contributed by atoms with van der Waals surface area (Å²) in [5.41, 5.74) is 5.48. The third kappa shape index (κ3) is 4.23. The zero-order valence-corrected chi connectivity index (χ0v) is 21.6. The Bertz CT molecular complexity index is 1290. The van der Waals surface area contributed by atoms with Crippen molar-refractivity contribution in [2.75, 3.05) is 37.7 Å². The fourth-order valence-electron chi connectivity index (χ4n) is 5.90. The zero-order chi connectivity index (χ0) is 24.0. The molecular formula is C27H34ClN5O2. The average molecular weight is 496 g/mol. The number of pyridine rings is 1. The second kappa shape index (κ2) is 9.67. The SMILES string of the molecule is CC(=O)N1CCC(c2c(C)c(N3CCC(C)(CO)CC3)n3c(nc4ccccc43)c2C#N)CC1.Cl. The molecule has 0 unspecified atom stereocenters. The van der Waals surface area contributed by atoms with Crippen LogP contribution in [0.1, 0.15) is 62.1 Å². The van der Waals surface area contributed by atoms with Gasteiger partial charge in [0.15, 0.2) is 5.65 Å². The van der Waals surface area contributed by atoms with Crippen molar-refractivity contribution < 1.29 is 9.90 Å². The van der Waals surface area contributed by atoms with Crippen molar-refractivity contribution in [3.63, 3.8) is 0 Å². The summed E-state index contributed by atoms with van der Waals surface area (Å²) in [6.07, 6.45) is 3.55. The van der Waals surface area contributed by atoms with E-state index in [1.165, 1.54) is 0 Å². The molecule has 0 aliphatic carbocycles. The van der Waals surface area contributed by atoms with Gasteiger partial charge >= 0.3 is 0 Å². The number of hydrogen-bond acceptors (Lipinski definition) is 5. The van der Waals surface area contributed by atoms with Crippen molar-refractivity contribution in [1.29, 1.82) is 5.26 Å². The first-order valence-electron chi connectivity index (χ1n) is 12.3. The van der Waals surface area contributed by atoms with Crippen LogP contribution in [0.2, 0.25) is 0 Å². The molecule has 4 heterocycles. The van der Waals surface area contributed by atoms with Gasteiger partial charge in [0.1, 0.15) is 11.9 Å². The number of likely N-dealkylation sites (tertiary alicyclic amines) is 1. The van der Waals surface area contributed by atoms with E-state index in [-0.39, 0.29) is 36.3 Å². The van der Waals surface area contributed by atoms with E-state index >= 15 is 0 Å². The Morgan fingerprint density at radius 2 is 1.86 bits per heavy atom. The van der Waals surface area contributed by atoms with Gasteiger partial charge < -0.3 is 14.9 Å². The maximum atomic E-state index is 11.9. The lowest BCUT2D eigenvalue weighted by Crippen LogP contribution is -2.42. The summed E-state index contributed by atoms with van der Waals surface area (Å²) in [5.74, 6) is 1.46. The van der Waals surface area contributed by atoms with Crippen LogP contribution in [0.5, 0.6) is 0 Å². The Labute approximate surface area is 212 Å². The Morgan fingerprint density at radius 1 is 1.20 bits per heavy atom. The lowest BCUT2D eigenvalue weighted by molar-refractivity contribution is -0.129. The predicted octanol–water partition coefficient (Wildman–Crippen LogP) is 4.41. The molecule has 0 atom stereocenters. The van der Waals surface area contributed by atoms with Gasteiger partial charge in [-0.15, -0.1) is 12.4 Å². The van der Waals surface area contributed by atoms with Crippen LogP contribution in [-0.4, -0.2) is 58.1 Å². The summed E-state index contributed by atoms with van der Waals surface area (Å²) in [5, 5.41) is 20.2. The van der Waals surface area contributed by atoms with E-state index in [9.17, 15) is 15.2 Å². The van der Waals surface area contributed by atoms with Gasteiger partial charge in [-0.25, -0.2) is 4.98 Å². The molecule has 2 fully saturated rings. The number of aliphatic hydroxyl groups is 1. The molecule has 0 spiro atoms. The van der Waals surface area contributed by atoms with Gasteiger partial charge in [0.25, 0.3) is 0 Å². The molecule has 1 aromatic carbocycles. The van der Waals surface area contributed by atoms with Gasteiger partial charge in [0.05, 0.1) is 16.6 Å². The van der Waals surface area contributed by atoms with Gasteiger partial charge in [-0.05, 0) is 67.2 Å². The third-order valence-corrected chi connectivity index (χ3v) is 8.12. The monoisotopic (exact) mass is 495 g/mol. The third-order valence-electron chi connectivity index (χ3n) is 8.12. The quantitative estimate of drug-likeness (QED) is 0.581. The van der Waals surface area contributed by atoms with Crippen molar-refractivity contribution in [3.05, 3.63) is 41.0 Å². The topological polar surface area (TPSA) is 84.9 Å². The number of para-hydroxylation sites is 2. The average Bonchev–Trinajstić information content (AvgIpc) is 3.23. The van der Waals surface area contributed by atoms with Crippen LogP contribution in [0.3, 0.4) is 0 Å². The van der Waals surface area contributed by atoms with Crippen LogP contribution in [0.4, 0.5) is 5.82 Å². The van der Waals surface area contributed by atoms with E-state index in [1.54, 1.807) is 6.92 Å². The first-order valence-corrected chi connectivity index (χ1v) is 12.3. The van der Waals surface area contributed by atoms with Crippen LogP contribution in [-0.2, 0) is 4.79 Å². The highest BCUT2D eigenvalue weighted by atomic mass is 35.5. The number of nitrogens with zero attached hydrogens (tertiary/aromatic N) is 5. The smallest absolute Gasteiger partial charge is 0.219 e. The molecule has 7 nitrogen and oxygen atoms in total. The number of benzene rings is 1. The number of nitriles is 1. The Morgan fingerprint density at radius 3 is 2.46 bits per heavy atom. The summed E-state index contributed by atoms with van der Waals surface area (Å²) in [6, 6.07) is 10.6. The summed E-state index contributed by atoms with van der Waals surface area (Å²) in [7, 11) is 0. The fourth-order valence-corrected chi connectivity index (χ4v) is 5.90. The van der Waals surface area contributed by atoms with E-state index in [0.29, 0.717) is 5.56 Å². The minimum absolute atomic E-state index is 0. The molecule has 0 bridgehead atoms. The number of carbonyl (C=O) groups excluding carboxylic acids is 1. The molecule has 3 aromatic rings. The molecule has 2 aromatic heterocycles. The number of anilines is 1. The molecular weight excluding hydrogens is 462 g/mol.